The molecule has 0 spiro atoms. The van der Waals surface area contributed by atoms with Crippen LogP contribution in [0.5, 0.6) is 0 Å². The summed E-state index contributed by atoms with van der Waals surface area (Å²) in [5, 5.41) is 8.22. The van der Waals surface area contributed by atoms with E-state index >= 15 is 0 Å². The van der Waals surface area contributed by atoms with Crippen LogP contribution < -0.4 is 0 Å². The van der Waals surface area contributed by atoms with Gasteiger partial charge in [-0.2, -0.15) is 0 Å². The molecule has 1 aliphatic heterocycles. The van der Waals surface area contributed by atoms with Crippen LogP contribution in [0.2, 0.25) is 0 Å². The molecule has 1 aliphatic carbocycles. The Kier molecular flexibility index (Phi) is 4.87. The van der Waals surface area contributed by atoms with E-state index in [2.05, 4.69) is 10.3 Å². The maximum absolute atomic E-state index is 12.3. The average Bonchev–Trinajstić information content (AvgIpc) is 3.03. The standard InChI is InChI=1S/C16H24N4O2/c1-2-4-14-9-19(18-17-14)10-15-5-3-8-20(15)16(21)12-22-11-13-6-7-13/h2,4,9,13,15H,3,5-8,10-12H2,1H3/b4-2+. The van der Waals surface area contributed by atoms with Crippen LogP contribution in [-0.4, -0.2) is 51.6 Å². The molecular weight excluding hydrogens is 280 g/mol. The summed E-state index contributed by atoms with van der Waals surface area (Å²) in [5.41, 5.74) is 0.853. The Balaban J connectivity index is 1.51. The number of nitrogens with zero attached hydrogens (tertiary/aromatic N) is 4. The van der Waals surface area contributed by atoms with Crippen molar-refractivity contribution in [1.82, 2.24) is 19.9 Å². The molecule has 0 bridgehead atoms. The van der Waals surface area contributed by atoms with Crippen molar-refractivity contribution < 1.29 is 9.53 Å². The van der Waals surface area contributed by atoms with E-state index < -0.39 is 0 Å². The predicted octanol–water partition coefficient (Wildman–Crippen LogP) is 1.73. The van der Waals surface area contributed by atoms with Gasteiger partial charge in [-0.1, -0.05) is 11.3 Å². The van der Waals surface area contributed by atoms with Crippen molar-refractivity contribution in [1.29, 1.82) is 0 Å². The van der Waals surface area contributed by atoms with E-state index in [-0.39, 0.29) is 18.6 Å². The molecule has 1 aromatic heterocycles. The number of amides is 1. The maximum Gasteiger partial charge on any atom is 0.248 e. The van der Waals surface area contributed by atoms with Crippen LogP contribution >= 0.6 is 0 Å². The topological polar surface area (TPSA) is 60.2 Å². The Bertz CT molecular complexity index is 536. The molecule has 0 aromatic carbocycles. The van der Waals surface area contributed by atoms with Crippen LogP contribution in [0.25, 0.3) is 6.08 Å². The van der Waals surface area contributed by atoms with Gasteiger partial charge in [-0.05, 0) is 44.6 Å². The first-order chi connectivity index (χ1) is 10.8. The second-order valence-electron chi connectivity index (χ2n) is 6.21. The molecule has 1 atom stereocenters. The summed E-state index contributed by atoms with van der Waals surface area (Å²) in [4.78, 5) is 14.2. The predicted molar refractivity (Wildman–Crippen MR) is 83.0 cm³/mol. The summed E-state index contributed by atoms with van der Waals surface area (Å²) in [6.07, 6.45) is 10.4. The minimum atomic E-state index is 0.108. The van der Waals surface area contributed by atoms with Crippen LogP contribution in [0.4, 0.5) is 0 Å². The summed E-state index contributed by atoms with van der Waals surface area (Å²) in [7, 11) is 0. The van der Waals surface area contributed by atoms with Crippen molar-refractivity contribution in [3.8, 4) is 0 Å². The molecule has 2 heterocycles. The van der Waals surface area contributed by atoms with E-state index in [0.29, 0.717) is 12.5 Å². The Morgan fingerprint density at radius 2 is 2.32 bits per heavy atom. The van der Waals surface area contributed by atoms with Gasteiger partial charge < -0.3 is 9.64 Å². The van der Waals surface area contributed by atoms with Crippen LogP contribution in [-0.2, 0) is 16.1 Å². The highest BCUT2D eigenvalue weighted by molar-refractivity contribution is 5.78. The molecule has 6 heteroatoms. The van der Waals surface area contributed by atoms with Gasteiger partial charge in [0.15, 0.2) is 0 Å². The fourth-order valence-electron chi connectivity index (χ4n) is 2.90. The lowest BCUT2D eigenvalue weighted by Gasteiger charge is -2.24. The molecule has 6 nitrogen and oxygen atoms in total. The normalized spacial score (nSPS) is 21.9. The fraction of sp³-hybridized carbons (Fsp3) is 0.688. The van der Waals surface area contributed by atoms with Gasteiger partial charge >= 0.3 is 0 Å². The zero-order chi connectivity index (χ0) is 15.4. The largest absolute Gasteiger partial charge is 0.371 e. The first-order valence-corrected chi connectivity index (χ1v) is 8.16. The summed E-state index contributed by atoms with van der Waals surface area (Å²) in [6.45, 7) is 4.44. The summed E-state index contributed by atoms with van der Waals surface area (Å²) >= 11 is 0. The second-order valence-corrected chi connectivity index (χ2v) is 6.21. The third-order valence-electron chi connectivity index (χ3n) is 4.27. The Hall–Kier alpha value is -1.69. The maximum atomic E-state index is 12.3. The van der Waals surface area contributed by atoms with Gasteiger partial charge in [-0.15, -0.1) is 5.10 Å². The number of ether oxygens (including phenoxy) is 1. The van der Waals surface area contributed by atoms with Gasteiger partial charge in [0.2, 0.25) is 5.91 Å². The number of carbonyl (C=O) groups excluding carboxylic acids is 1. The van der Waals surface area contributed by atoms with Crippen LogP contribution in [0.15, 0.2) is 12.3 Å². The van der Waals surface area contributed by atoms with E-state index in [1.807, 2.05) is 34.9 Å². The van der Waals surface area contributed by atoms with Crippen molar-refractivity contribution in [2.75, 3.05) is 19.8 Å². The van der Waals surface area contributed by atoms with Crippen molar-refractivity contribution in [2.45, 2.75) is 45.2 Å². The van der Waals surface area contributed by atoms with E-state index in [4.69, 9.17) is 4.74 Å². The van der Waals surface area contributed by atoms with Gasteiger partial charge in [-0.25, -0.2) is 4.68 Å². The van der Waals surface area contributed by atoms with Crippen molar-refractivity contribution in [3.63, 3.8) is 0 Å². The SMILES string of the molecule is C/C=C/c1cn(CC2CCCN2C(=O)COCC2CC2)nn1. The quantitative estimate of drug-likeness (QED) is 0.769. The Labute approximate surface area is 131 Å². The van der Waals surface area contributed by atoms with Gasteiger partial charge in [0.1, 0.15) is 12.3 Å². The zero-order valence-corrected chi connectivity index (χ0v) is 13.1. The van der Waals surface area contributed by atoms with Gasteiger partial charge in [-0.3, -0.25) is 4.79 Å². The first-order valence-electron chi connectivity index (χ1n) is 8.16. The molecule has 1 amide bonds. The van der Waals surface area contributed by atoms with Crippen LogP contribution in [0.1, 0.15) is 38.3 Å². The molecule has 3 rings (SSSR count). The lowest BCUT2D eigenvalue weighted by atomic mass is 10.2. The lowest BCUT2D eigenvalue weighted by molar-refractivity contribution is -0.137. The number of likely N-dealkylation sites (tertiary alicyclic amines) is 1. The molecule has 22 heavy (non-hydrogen) atoms. The smallest absolute Gasteiger partial charge is 0.248 e. The van der Waals surface area contributed by atoms with Crippen LogP contribution in [0, 0.1) is 5.92 Å². The third-order valence-corrected chi connectivity index (χ3v) is 4.27. The van der Waals surface area contributed by atoms with E-state index in [1.165, 1.54) is 12.8 Å². The molecule has 1 saturated heterocycles. The molecule has 120 valence electrons. The van der Waals surface area contributed by atoms with Crippen LogP contribution in [0.3, 0.4) is 0 Å². The summed E-state index contributed by atoms with van der Waals surface area (Å²) in [5.74, 6) is 0.805. The van der Waals surface area contributed by atoms with Gasteiger partial charge in [0.05, 0.1) is 25.4 Å². The molecular formula is C16H24N4O2. The lowest BCUT2D eigenvalue weighted by Crippen LogP contribution is -2.40. The highest BCUT2D eigenvalue weighted by Crippen LogP contribution is 2.28. The highest BCUT2D eigenvalue weighted by Gasteiger charge is 2.29. The Morgan fingerprint density at radius 1 is 1.45 bits per heavy atom. The van der Waals surface area contributed by atoms with Crippen molar-refractivity contribution in [3.05, 3.63) is 18.0 Å². The third kappa shape index (κ3) is 3.94. The fourth-order valence-corrected chi connectivity index (χ4v) is 2.90. The average molecular weight is 304 g/mol. The number of aromatic nitrogens is 3. The van der Waals surface area contributed by atoms with Crippen molar-refractivity contribution in [2.24, 2.45) is 5.92 Å². The van der Waals surface area contributed by atoms with Gasteiger partial charge in [0, 0.05) is 6.54 Å². The number of allylic oxidation sites excluding steroid dienone is 1. The highest BCUT2D eigenvalue weighted by atomic mass is 16.5. The summed E-state index contributed by atoms with van der Waals surface area (Å²) in [6, 6.07) is 0.206. The molecule has 0 radical (unpaired) electrons. The molecule has 1 unspecified atom stereocenters. The monoisotopic (exact) mass is 304 g/mol. The molecule has 2 fully saturated rings. The molecule has 1 aromatic rings. The second kappa shape index (κ2) is 7.05. The van der Waals surface area contributed by atoms with E-state index in [9.17, 15) is 4.79 Å². The molecule has 2 aliphatic rings. The van der Waals surface area contributed by atoms with Gasteiger partial charge in [0.25, 0.3) is 0 Å². The van der Waals surface area contributed by atoms with E-state index in [1.54, 1.807) is 0 Å². The molecule has 1 saturated carbocycles. The zero-order valence-electron chi connectivity index (χ0n) is 13.1. The Morgan fingerprint density at radius 3 is 3.09 bits per heavy atom. The first kappa shape index (κ1) is 15.2. The minimum absolute atomic E-state index is 0.108. The summed E-state index contributed by atoms with van der Waals surface area (Å²) < 4.78 is 7.36. The number of carbonyl (C=O) groups is 1. The van der Waals surface area contributed by atoms with Crippen molar-refractivity contribution >= 4 is 12.0 Å². The number of hydrogen-bond donors (Lipinski definition) is 0. The number of rotatable bonds is 7. The number of hydrogen-bond acceptors (Lipinski definition) is 4. The minimum Gasteiger partial charge on any atom is -0.371 e. The molecule has 0 N–H and O–H groups in total. The van der Waals surface area contributed by atoms with E-state index in [0.717, 1.165) is 31.7 Å².